The van der Waals surface area contributed by atoms with Gasteiger partial charge in [0.1, 0.15) is 12.4 Å². The van der Waals surface area contributed by atoms with Gasteiger partial charge in [0, 0.05) is 31.4 Å². The first-order chi connectivity index (χ1) is 15.5. The lowest BCUT2D eigenvalue weighted by Crippen LogP contribution is -2.30. The van der Waals surface area contributed by atoms with E-state index < -0.39 is 0 Å². The zero-order valence-electron chi connectivity index (χ0n) is 19.0. The number of aryl methyl sites for hydroxylation is 1. The highest BCUT2D eigenvalue weighted by molar-refractivity contribution is 5.94. The monoisotopic (exact) mass is 428 g/mol. The Morgan fingerprint density at radius 3 is 2.16 bits per heavy atom. The van der Waals surface area contributed by atoms with E-state index in [9.17, 15) is 4.79 Å². The Labute approximate surface area is 188 Å². The van der Waals surface area contributed by atoms with Crippen LogP contribution in [0.1, 0.15) is 19.7 Å². The molecule has 0 atom stereocenters. The molecule has 0 aliphatic rings. The highest BCUT2D eigenvalue weighted by Crippen LogP contribution is 2.28. The summed E-state index contributed by atoms with van der Waals surface area (Å²) in [5, 5.41) is 0. The van der Waals surface area contributed by atoms with E-state index in [-0.39, 0.29) is 12.5 Å². The summed E-state index contributed by atoms with van der Waals surface area (Å²) < 4.78 is 1.89. The average Bonchev–Trinajstić information content (AvgIpc) is 3.15. The lowest BCUT2D eigenvalue weighted by atomic mass is 10.2. The molecule has 7 heteroatoms. The van der Waals surface area contributed by atoms with Gasteiger partial charge in [-0.15, -0.1) is 0 Å². The Bertz CT molecular complexity index is 1220. The number of nitrogens with zero attached hydrogens (tertiary/aromatic N) is 6. The molecule has 2 heterocycles. The molecule has 0 fully saturated rings. The number of carbonyl (C=O) groups excluding carboxylic acids is 1. The van der Waals surface area contributed by atoms with Crippen LogP contribution in [-0.4, -0.2) is 45.6 Å². The molecule has 164 valence electrons. The van der Waals surface area contributed by atoms with Crippen LogP contribution in [0.3, 0.4) is 0 Å². The number of anilines is 2. The maximum absolute atomic E-state index is 13.1. The third-order valence-electron chi connectivity index (χ3n) is 5.67. The zero-order chi connectivity index (χ0) is 22.7. The second-order valence-corrected chi connectivity index (χ2v) is 7.61. The molecule has 0 aliphatic carbocycles. The molecule has 0 radical (unpaired) electrons. The van der Waals surface area contributed by atoms with E-state index in [1.54, 1.807) is 11.9 Å². The van der Waals surface area contributed by atoms with Crippen LogP contribution in [0.4, 0.5) is 11.5 Å². The molecule has 0 N–H and O–H groups in total. The van der Waals surface area contributed by atoms with Crippen LogP contribution in [0.15, 0.2) is 60.7 Å². The second kappa shape index (κ2) is 9.18. The van der Waals surface area contributed by atoms with Gasteiger partial charge in [-0.05, 0) is 32.9 Å². The number of aromatic nitrogens is 4. The van der Waals surface area contributed by atoms with E-state index in [0.29, 0.717) is 11.5 Å². The molecule has 7 nitrogen and oxygen atoms in total. The third-order valence-corrected chi connectivity index (χ3v) is 5.67. The van der Waals surface area contributed by atoms with E-state index in [4.69, 9.17) is 15.0 Å². The number of fused-ring (bicyclic) bond motifs is 1. The van der Waals surface area contributed by atoms with Crippen molar-refractivity contribution >= 4 is 28.6 Å². The number of hydrogen-bond donors (Lipinski definition) is 0. The standard InChI is InChI=1S/C25H28N6O/c1-5-30(6-2)24-22-25(28-23(27-24)19-13-9-7-10-14-19)31(18(3)26-22)17-21(32)29(4)20-15-11-8-12-16-20/h7-16H,5-6,17H2,1-4H3. The van der Waals surface area contributed by atoms with Gasteiger partial charge in [0.2, 0.25) is 5.91 Å². The van der Waals surface area contributed by atoms with Crippen molar-refractivity contribution in [3.8, 4) is 11.4 Å². The van der Waals surface area contributed by atoms with Gasteiger partial charge in [-0.1, -0.05) is 48.5 Å². The van der Waals surface area contributed by atoms with Gasteiger partial charge in [0.05, 0.1) is 0 Å². The van der Waals surface area contributed by atoms with E-state index >= 15 is 0 Å². The largest absolute Gasteiger partial charge is 0.355 e. The molecule has 1 amide bonds. The van der Waals surface area contributed by atoms with Crippen LogP contribution in [0.25, 0.3) is 22.6 Å². The average molecular weight is 429 g/mol. The fourth-order valence-electron chi connectivity index (χ4n) is 3.78. The van der Waals surface area contributed by atoms with Crippen molar-refractivity contribution in [3.63, 3.8) is 0 Å². The molecule has 4 aromatic rings. The van der Waals surface area contributed by atoms with Gasteiger partial charge < -0.3 is 14.4 Å². The number of rotatable bonds is 7. The SMILES string of the molecule is CCN(CC)c1nc(-c2ccccc2)nc2c1nc(C)n2CC(=O)N(C)c1ccccc1. The van der Waals surface area contributed by atoms with Crippen molar-refractivity contribution in [3.05, 3.63) is 66.5 Å². The topological polar surface area (TPSA) is 67.2 Å². The van der Waals surface area contributed by atoms with E-state index in [2.05, 4.69) is 18.7 Å². The fourth-order valence-corrected chi connectivity index (χ4v) is 3.78. The second-order valence-electron chi connectivity index (χ2n) is 7.61. The minimum absolute atomic E-state index is 0.0390. The number of para-hydroxylation sites is 1. The van der Waals surface area contributed by atoms with E-state index in [1.807, 2.05) is 72.2 Å². The lowest BCUT2D eigenvalue weighted by molar-refractivity contribution is -0.118. The molecular weight excluding hydrogens is 400 g/mol. The van der Waals surface area contributed by atoms with Crippen LogP contribution in [0.2, 0.25) is 0 Å². The molecule has 0 saturated heterocycles. The summed E-state index contributed by atoms with van der Waals surface area (Å²) in [6, 6.07) is 19.5. The quantitative estimate of drug-likeness (QED) is 0.439. The van der Waals surface area contributed by atoms with Crippen LogP contribution in [0, 0.1) is 6.92 Å². The molecule has 4 rings (SSSR count). The van der Waals surface area contributed by atoms with Crippen LogP contribution in [-0.2, 0) is 11.3 Å². The molecule has 0 saturated carbocycles. The maximum Gasteiger partial charge on any atom is 0.246 e. The smallest absolute Gasteiger partial charge is 0.246 e. The molecule has 2 aromatic carbocycles. The van der Waals surface area contributed by atoms with Gasteiger partial charge in [-0.25, -0.2) is 15.0 Å². The summed E-state index contributed by atoms with van der Waals surface area (Å²) in [5.74, 6) is 2.13. The van der Waals surface area contributed by atoms with Crippen molar-refractivity contribution in [1.82, 2.24) is 19.5 Å². The molecule has 0 aliphatic heterocycles. The minimum atomic E-state index is -0.0390. The highest BCUT2D eigenvalue weighted by atomic mass is 16.2. The summed E-state index contributed by atoms with van der Waals surface area (Å²) in [6.45, 7) is 7.86. The third kappa shape index (κ3) is 4.06. The van der Waals surface area contributed by atoms with Crippen LogP contribution >= 0.6 is 0 Å². The first-order valence-electron chi connectivity index (χ1n) is 10.9. The van der Waals surface area contributed by atoms with Crippen molar-refractivity contribution in [2.24, 2.45) is 0 Å². The molecular formula is C25H28N6O. The molecule has 0 bridgehead atoms. The summed E-state index contributed by atoms with van der Waals surface area (Å²) in [6.07, 6.45) is 0. The lowest BCUT2D eigenvalue weighted by Gasteiger charge is -2.21. The first kappa shape index (κ1) is 21.5. The first-order valence-corrected chi connectivity index (χ1v) is 10.9. The predicted molar refractivity (Wildman–Crippen MR) is 129 cm³/mol. The number of imidazole rings is 1. The van der Waals surface area contributed by atoms with Crippen molar-refractivity contribution in [2.75, 3.05) is 29.9 Å². The van der Waals surface area contributed by atoms with Crippen molar-refractivity contribution in [2.45, 2.75) is 27.3 Å². The summed E-state index contributed by atoms with van der Waals surface area (Å²) >= 11 is 0. The predicted octanol–water partition coefficient (Wildman–Crippen LogP) is 4.31. The van der Waals surface area contributed by atoms with Crippen molar-refractivity contribution < 1.29 is 4.79 Å². The fraction of sp³-hybridized carbons (Fsp3) is 0.280. The van der Waals surface area contributed by atoms with Gasteiger partial charge in [-0.3, -0.25) is 4.79 Å². The number of hydrogen-bond acceptors (Lipinski definition) is 5. The Balaban J connectivity index is 1.82. The summed E-state index contributed by atoms with van der Waals surface area (Å²) in [4.78, 5) is 31.5. The number of amides is 1. The van der Waals surface area contributed by atoms with Crippen molar-refractivity contribution in [1.29, 1.82) is 0 Å². The number of benzene rings is 2. The Morgan fingerprint density at radius 1 is 0.906 bits per heavy atom. The molecule has 0 unspecified atom stereocenters. The highest BCUT2D eigenvalue weighted by Gasteiger charge is 2.22. The van der Waals surface area contributed by atoms with Crippen LogP contribution < -0.4 is 9.80 Å². The van der Waals surface area contributed by atoms with Gasteiger partial charge in [-0.2, -0.15) is 0 Å². The van der Waals surface area contributed by atoms with Gasteiger partial charge in [0.25, 0.3) is 0 Å². The maximum atomic E-state index is 13.1. The molecule has 2 aromatic heterocycles. The summed E-state index contributed by atoms with van der Waals surface area (Å²) in [7, 11) is 1.79. The minimum Gasteiger partial charge on any atom is -0.355 e. The van der Waals surface area contributed by atoms with Gasteiger partial charge in [0.15, 0.2) is 22.8 Å². The molecule has 32 heavy (non-hydrogen) atoms. The normalized spacial score (nSPS) is 11.0. The number of likely N-dealkylation sites (N-methyl/N-ethyl adjacent to an activating group) is 1. The molecule has 0 spiro atoms. The van der Waals surface area contributed by atoms with E-state index in [0.717, 1.165) is 41.5 Å². The van der Waals surface area contributed by atoms with E-state index in [1.165, 1.54) is 0 Å². The van der Waals surface area contributed by atoms with Gasteiger partial charge >= 0.3 is 0 Å². The van der Waals surface area contributed by atoms with Crippen LogP contribution in [0.5, 0.6) is 0 Å². The summed E-state index contributed by atoms with van der Waals surface area (Å²) in [5.41, 5.74) is 3.18. The Kier molecular flexibility index (Phi) is 6.16. The Morgan fingerprint density at radius 2 is 1.53 bits per heavy atom. The Hall–Kier alpha value is -3.74. The zero-order valence-corrected chi connectivity index (χ0v) is 19.0. The number of carbonyl (C=O) groups is 1.